The fraction of sp³-hybridized carbons (Fsp3) is 0.400. The summed E-state index contributed by atoms with van der Waals surface area (Å²) in [6, 6.07) is 6.24. The van der Waals surface area contributed by atoms with Gasteiger partial charge in [-0.1, -0.05) is 31.5 Å². The SMILES string of the molecule is Cc1cccc(C(=O)NC(C(=O)NCC(=O)O)C(C)C)c1. The van der Waals surface area contributed by atoms with Crippen molar-refractivity contribution < 1.29 is 19.5 Å². The Morgan fingerprint density at radius 3 is 2.43 bits per heavy atom. The Morgan fingerprint density at radius 1 is 1.24 bits per heavy atom. The Labute approximate surface area is 123 Å². The lowest BCUT2D eigenvalue weighted by molar-refractivity contribution is -0.138. The average molecular weight is 292 g/mol. The third kappa shape index (κ3) is 5.25. The molecule has 114 valence electrons. The molecule has 0 aromatic heterocycles. The summed E-state index contributed by atoms with van der Waals surface area (Å²) < 4.78 is 0. The Hall–Kier alpha value is -2.37. The minimum Gasteiger partial charge on any atom is -0.480 e. The van der Waals surface area contributed by atoms with Gasteiger partial charge in [-0.05, 0) is 25.0 Å². The van der Waals surface area contributed by atoms with Crippen LogP contribution < -0.4 is 10.6 Å². The summed E-state index contributed by atoms with van der Waals surface area (Å²) in [6.07, 6.45) is 0. The van der Waals surface area contributed by atoms with Gasteiger partial charge in [-0.2, -0.15) is 0 Å². The fourth-order valence-corrected chi connectivity index (χ4v) is 1.82. The molecule has 0 fully saturated rings. The Balaban J connectivity index is 2.76. The predicted molar refractivity (Wildman–Crippen MR) is 77.9 cm³/mol. The van der Waals surface area contributed by atoms with Crippen molar-refractivity contribution in [1.82, 2.24) is 10.6 Å². The van der Waals surface area contributed by atoms with Crippen LogP contribution in [-0.4, -0.2) is 35.5 Å². The summed E-state index contributed by atoms with van der Waals surface area (Å²) in [4.78, 5) is 34.6. The van der Waals surface area contributed by atoms with Crippen molar-refractivity contribution in [2.75, 3.05) is 6.54 Å². The quantitative estimate of drug-likeness (QED) is 0.727. The molecule has 0 aliphatic rings. The predicted octanol–water partition coefficient (Wildman–Crippen LogP) is 0.950. The van der Waals surface area contributed by atoms with E-state index in [9.17, 15) is 14.4 Å². The molecular formula is C15H20N2O4. The molecule has 0 saturated carbocycles. The molecule has 1 atom stereocenters. The third-order valence-electron chi connectivity index (χ3n) is 2.93. The van der Waals surface area contributed by atoms with E-state index in [0.717, 1.165) is 5.56 Å². The summed E-state index contributed by atoms with van der Waals surface area (Å²) in [5.74, 6) is -2.15. The number of amides is 2. The number of benzene rings is 1. The molecule has 0 bridgehead atoms. The number of hydrogen-bond acceptors (Lipinski definition) is 3. The highest BCUT2D eigenvalue weighted by Crippen LogP contribution is 2.07. The number of rotatable bonds is 6. The number of carboxylic acids is 1. The van der Waals surface area contributed by atoms with E-state index >= 15 is 0 Å². The second-order valence-corrected chi connectivity index (χ2v) is 5.18. The Morgan fingerprint density at radius 2 is 1.90 bits per heavy atom. The first-order valence-corrected chi connectivity index (χ1v) is 6.68. The van der Waals surface area contributed by atoms with Gasteiger partial charge in [0.2, 0.25) is 5.91 Å². The van der Waals surface area contributed by atoms with E-state index in [0.29, 0.717) is 5.56 Å². The molecule has 1 rings (SSSR count). The van der Waals surface area contributed by atoms with Crippen LogP contribution in [0.1, 0.15) is 29.8 Å². The van der Waals surface area contributed by atoms with E-state index in [4.69, 9.17) is 5.11 Å². The summed E-state index contributed by atoms with van der Waals surface area (Å²) in [5.41, 5.74) is 1.41. The minimum absolute atomic E-state index is 0.160. The van der Waals surface area contributed by atoms with Gasteiger partial charge in [-0.3, -0.25) is 14.4 Å². The number of hydrogen-bond donors (Lipinski definition) is 3. The lowest BCUT2D eigenvalue weighted by Crippen LogP contribution is -2.50. The molecule has 0 aliphatic carbocycles. The third-order valence-corrected chi connectivity index (χ3v) is 2.93. The zero-order valence-electron chi connectivity index (χ0n) is 12.3. The molecule has 0 heterocycles. The first-order chi connectivity index (χ1) is 9.81. The molecule has 1 aromatic rings. The molecule has 6 heteroatoms. The van der Waals surface area contributed by atoms with Crippen molar-refractivity contribution in [2.24, 2.45) is 5.92 Å². The molecule has 1 unspecified atom stereocenters. The standard InChI is InChI=1S/C15H20N2O4/c1-9(2)13(15(21)16-8-12(18)19)17-14(20)11-6-4-5-10(3)7-11/h4-7,9,13H,8H2,1-3H3,(H,16,21)(H,17,20)(H,18,19). The molecule has 21 heavy (non-hydrogen) atoms. The van der Waals surface area contributed by atoms with Crippen LogP contribution in [-0.2, 0) is 9.59 Å². The van der Waals surface area contributed by atoms with Crippen LogP contribution in [0.3, 0.4) is 0 Å². The van der Waals surface area contributed by atoms with Crippen molar-refractivity contribution in [2.45, 2.75) is 26.8 Å². The van der Waals surface area contributed by atoms with Gasteiger partial charge in [-0.25, -0.2) is 0 Å². The minimum atomic E-state index is -1.13. The van der Waals surface area contributed by atoms with Gasteiger partial charge < -0.3 is 15.7 Å². The highest BCUT2D eigenvalue weighted by atomic mass is 16.4. The van der Waals surface area contributed by atoms with Gasteiger partial charge in [0.15, 0.2) is 0 Å². The van der Waals surface area contributed by atoms with Crippen LogP contribution in [0.4, 0.5) is 0 Å². The number of carbonyl (C=O) groups excluding carboxylic acids is 2. The molecule has 0 aliphatic heterocycles. The summed E-state index contributed by atoms with van der Waals surface area (Å²) in [5, 5.41) is 13.5. The Bertz CT molecular complexity index is 540. The van der Waals surface area contributed by atoms with Gasteiger partial charge >= 0.3 is 5.97 Å². The molecule has 0 saturated heterocycles. The van der Waals surface area contributed by atoms with E-state index in [2.05, 4.69) is 10.6 Å². The van der Waals surface area contributed by atoms with Gasteiger partial charge in [-0.15, -0.1) is 0 Å². The van der Waals surface area contributed by atoms with Gasteiger partial charge in [0, 0.05) is 5.56 Å². The van der Waals surface area contributed by atoms with E-state index in [-0.39, 0.29) is 11.8 Å². The molecule has 0 spiro atoms. The number of aliphatic carboxylic acids is 1. The van der Waals surface area contributed by atoms with Crippen molar-refractivity contribution in [1.29, 1.82) is 0 Å². The average Bonchev–Trinajstić information content (AvgIpc) is 2.41. The summed E-state index contributed by atoms with van der Waals surface area (Å²) in [7, 11) is 0. The van der Waals surface area contributed by atoms with Crippen LogP contribution in [0.5, 0.6) is 0 Å². The fourth-order valence-electron chi connectivity index (χ4n) is 1.82. The van der Waals surface area contributed by atoms with Crippen LogP contribution in [0.25, 0.3) is 0 Å². The second-order valence-electron chi connectivity index (χ2n) is 5.18. The topological polar surface area (TPSA) is 95.5 Å². The first-order valence-electron chi connectivity index (χ1n) is 6.68. The van der Waals surface area contributed by atoms with Gasteiger partial charge in [0.1, 0.15) is 12.6 Å². The number of carboxylic acid groups (broad SMARTS) is 1. The normalized spacial score (nSPS) is 11.8. The number of carbonyl (C=O) groups is 3. The largest absolute Gasteiger partial charge is 0.480 e. The van der Waals surface area contributed by atoms with E-state index < -0.39 is 24.5 Å². The van der Waals surface area contributed by atoms with Crippen LogP contribution in [0, 0.1) is 12.8 Å². The first kappa shape index (κ1) is 16.7. The zero-order valence-corrected chi connectivity index (χ0v) is 12.3. The van der Waals surface area contributed by atoms with Gasteiger partial charge in [0.25, 0.3) is 5.91 Å². The van der Waals surface area contributed by atoms with Crippen molar-refractivity contribution in [3.05, 3.63) is 35.4 Å². The lowest BCUT2D eigenvalue weighted by Gasteiger charge is -2.21. The molecule has 3 N–H and O–H groups in total. The van der Waals surface area contributed by atoms with Crippen LogP contribution in [0.2, 0.25) is 0 Å². The van der Waals surface area contributed by atoms with E-state index in [1.165, 1.54) is 0 Å². The van der Waals surface area contributed by atoms with Crippen molar-refractivity contribution in [3.63, 3.8) is 0 Å². The highest BCUT2D eigenvalue weighted by molar-refractivity contribution is 5.98. The second kappa shape index (κ2) is 7.42. The maximum absolute atomic E-state index is 12.1. The monoisotopic (exact) mass is 292 g/mol. The summed E-state index contributed by atoms with van der Waals surface area (Å²) in [6.45, 7) is 4.96. The van der Waals surface area contributed by atoms with Crippen LogP contribution >= 0.6 is 0 Å². The molecule has 1 aromatic carbocycles. The molecule has 2 amide bonds. The molecule has 6 nitrogen and oxygen atoms in total. The van der Waals surface area contributed by atoms with E-state index in [1.54, 1.807) is 32.0 Å². The maximum Gasteiger partial charge on any atom is 0.322 e. The Kier molecular flexibility index (Phi) is 5.90. The number of aryl methyl sites for hydroxylation is 1. The van der Waals surface area contributed by atoms with Crippen molar-refractivity contribution in [3.8, 4) is 0 Å². The van der Waals surface area contributed by atoms with Crippen LogP contribution in [0.15, 0.2) is 24.3 Å². The lowest BCUT2D eigenvalue weighted by atomic mass is 10.0. The zero-order chi connectivity index (χ0) is 16.0. The maximum atomic E-state index is 12.1. The smallest absolute Gasteiger partial charge is 0.322 e. The van der Waals surface area contributed by atoms with Crippen molar-refractivity contribution >= 4 is 17.8 Å². The van der Waals surface area contributed by atoms with Gasteiger partial charge in [0.05, 0.1) is 0 Å². The highest BCUT2D eigenvalue weighted by Gasteiger charge is 2.24. The summed E-state index contributed by atoms with van der Waals surface area (Å²) >= 11 is 0. The molecule has 0 radical (unpaired) electrons. The molecular weight excluding hydrogens is 272 g/mol. The van der Waals surface area contributed by atoms with E-state index in [1.807, 2.05) is 13.0 Å². The number of nitrogens with one attached hydrogen (secondary N) is 2.